The summed E-state index contributed by atoms with van der Waals surface area (Å²) >= 11 is 0. The van der Waals surface area contributed by atoms with Crippen LogP contribution in [0.1, 0.15) is 0 Å². The second-order valence-corrected chi connectivity index (χ2v) is 7.09. The molecule has 5 aromatic heterocycles. The number of hydrogen-bond donors (Lipinski definition) is 2. The van der Waals surface area contributed by atoms with Crippen LogP contribution in [0.2, 0.25) is 0 Å². The Morgan fingerprint density at radius 2 is 1.63 bits per heavy atom. The Bertz CT molecular complexity index is 1480. The Hall–Kier alpha value is -4.32. The highest BCUT2D eigenvalue weighted by Crippen LogP contribution is 2.33. The van der Waals surface area contributed by atoms with Crippen LogP contribution >= 0.6 is 0 Å². The lowest BCUT2D eigenvalue weighted by Gasteiger charge is -2.01. The quantitative estimate of drug-likeness (QED) is 0.435. The van der Waals surface area contributed by atoms with E-state index in [1.165, 1.54) is 0 Å². The maximum Gasteiger partial charge on any atom is 0.116 e. The van der Waals surface area contributed by atoms with Crippen LogP contribution in [0.4, 0.5) is 0 Å². The lowest BCUT2D eigenvalue weighted by molar-refractivity contribution is 1.12. The number of aromatic nitrogens is 6. The van der Waals surface area contributed by atoms with Crippen LogP contribution in [0.3, 0.4) is 0 Å². The number of H-pyrrole nitrogens is 2. The molecule has 6 aromatic rings. The number of fused-ring (bicyclic) bond motifs is 2. The van der Waals surface area contributed by atoms with Crippen molar-refractivity contribution in [2.75, 3.05) is 0 Å². The summed E-state index contributed by atoms with van der Waals surface area (Å²) in [7, 11) is 0. The Labute approximate surface area is 171 Å². The molecule has 0 fully saturated rings. The minimum Gasteiger partial charge on any atom is -0.353 e. The van der Waals surface area contributed by atoms with Crippen molar-refractivity contribution in [3.8, 4) is 33.9 Å². The van der Waals surface area contributed by atoms with Crippen LogP contribution < -0.4 is 0 Å². The van der Waals surface area contributed by atoms with E-state index in [4.69, 9.17) is 0 Å². The maximum atomic E-state index is 4.59. The predicted molar refractivity (Wildman–Crippen MR) is 118 cm³/mol. The Morgan fingerprint density at radius 3 is 2.50 bits per heavy atom. The average Bonchev–Trinajstić information content (AvgIpc) is 3.43. The minimum absolute atomic E-state index is 0.847. The molecular formula is C24H16N6. The van der Waals surface area contributed by atoms with Crippen molar-refractivity contribution in [2.24, 2.45) is 0 Å². The number of nitrogens with zero attached hydrogens (tertiary/aromatic N) is 4. The Balaban J connectivity index is 1.52. The molecule has 0 saturated heterocycles. The molecule has 2 N–H and O–H groups in total. The van der Waals surface area contributed by atoms with E-state index in [-0.39, 0.29) is 0 Å². The maximum absolute atomic E-state index is 4.59. The smallest absolute Gasteiger partial charge is 0.116 e. The number of rotatable bonds is 3. The topological polar surface area (TPSA) is 83.1 Å². The molecule has 0 spiro atoms. The lowest BCUT2D eigenvalue weighted by atomic mass is 10.0. The van der Waals surface area contributed by atoms with Gasteiger partial charge in [0.1, 0.15) is 5.69 Å². The van der Waals surface area contributed by atoms with Gasteiger partial charge in [-0.2, -0.15) is 5.10 Å². The first-order valence-corrected chi connectivity index (χ1v) is 9.65. The molecule has 6 heteroatoms. The monoisotopic (exact) mass is 388 g/mol. The van der Waals surface area contributed by atoms with Gasteiger partial charge >= 0.3 is 0 Å². The van der Waals surface area contributed by atoms with E-state index >= 15 is 0 Å². The van der Waals surface area contributed by atoms with E-state index in [1.807, 2.05) is 36.5 Å². The van der Waals surface area contributed by atoms with Gasteiger partial charge in [-0.1, -0.05) is 18.2 Å². The molecule has 0 radical (unpaired) electrons. The predicted octanol–water partition coefficient (Wildman–Crippen LogP) is 5.23. The van der Waals surface area contributed by atoms with Gasteiger partial charge in [0, 0.05) is 46.6 Å². The summed E-state index contributed by atoms with van der Waals surface area (Å²) in [5.41, 5.74) is 7.67. The van der Waals surface area contributed by atoms with Crippen LogP contribution in [0.15, 0.2) is 85.5 Å². The van der Waals surface area contributed by atoms with E-state index in [0.717, 1.165) is 55.7 Å². The first-order valence-electron chi connectivity index (χ1n) is 9.65. The largest absolute Gasteiger partial charge is 0.353 e. The van der Waals surface area contributed by atoms with E-state index in [2.05, 4.69) is 60.5 Å². The zero-order valence-electron chi connectivity index (χ0n) is 15.9. The van der Waals surface area contributed by atoms with E-state index < -0.39 is 0 Å². The molecule has 5 heterocycles. The molecule has 6 rings (SSSR count). The van der Waals surface area contributed by atoms with Gasteiger partial charge in [0.2, 0.25) is 0 Å². The van der Waals surface area contributed by atoms with Gasteiger partial charge in [0.15, 0.2) is 0 Å². The number of hydrogen-bond acceptors (Lipinski definition) is 4. The summed E-state index contributed by atoms with van der Waals surface area (Å²) in [4.78, 5) is 16.8. The summed E-state index contributed by atoms with van der Waals surface area (Å²) in [6, 6.07) is 20.2. The fourth-order valence-electron chi connectivity index (χ4n) is 3.82. The normalized spacial score (nSPS) is 11.3. The fourth-order valence-corrected chi connectivity index (χ4v) is 3.82. The van der Waals surface area contributed by atoms with Crippen LogP contribution in [0.5, 0.6) is 0 Å². The van der Waals surface area contributed by atoms with Crippen molar-refractivity contribution in [1.82, 2.24) is 30.1 Å². The molecule has 0 atom stereocenters. The molecule has 6 nitrogen and oxygen atoms in total. The second-order valence-electron chi connectivity index (χ2n) is 7.09. The molecule has 0 bridgehead atoms. The molecule has 0 aliphatic heterocycles. The van der Waals surface area contributed by atoms with E-state index in [0.29, 0.717) is 0 Å². The number of pyridine rings is 3. The van der Waals surface area contributed by atoms with Crippen molar-refractivity contribution in [1.29, 1.82) is 0 Å². The van der Waals surface area contributed by atoms with Gasteiger partial charge in [0.25, 0.3) is 0 Å². The summed E-state index contributed by atoms with van der Waals surface area (Å²) in [6.45, 7) is 0. The SMILES string of the molecule is c1ccc(-c2nccc3[nH]c(-c4n[nH]c5ccc(-c6cccnc6)cc45)cc23)nc1. The summed E-state index contributed by atoms with van der Waals surface area (Å²) in [6.07, 6.45) is 7.23. The molecule has 0 unspecified atom stereocenters. The third-order valence-electron chi connectivity index (χ3n) is 5.27. The number of nitrogens with one attached hydrogen (secondary N) is 2. The molecule has 1 aromatic carbocycles. The van der Waals surface area contributed by atoms with Gasteiger partial charge in [-0.15, -0.1) is 0 Å². The van der Waals surface area contributed by atoms with Crippen molar-refractivity contribution < 1.29 is 0 Å². The standard InChI is InChI=1S/C24H16N6/c1-2-10-26-21(5-1)23-18-13-22(28-19(18)8-11-27-23)24-17-12-15(6-7-20(17)29-30-24)16-4-3-9-25-14-16/h1-14,28H,(H,29,30). The van der Waals surface area contributed by atoms with E-state index in [1.54, 1.807) is 18.6 Å². The molecular weight excluding hydrogens is 372 g/mol. The van der Waals surface area contributed by atoms with Gasteiger partial charge in [0.05, 0.1) is 22.6 Å². The van der Waals surface area contributed by atoms with Gasteiger partial charge < -0.3 is 4.98 Å². The molecule has 0 aliphatic rings. The highest BCUT2D eigenvalue weighted by atomic mass is 15.1. The third kappa shape index (κ3) is 2.66. The van der Waals surface area contributed by atoms with Crippen molar-refractivity contribution >= 4 is 21.8 Å². The molecule has 0 aliphatic carbocycles. The van der Waals surface area contributed by atoms with Crippen LogP contribution in [0, 0.1) is 0 Å². The van der Waals surface area contributed by atoms with E-state index in [9.17, 15) is 0 Å². The highest BCUT2D eigenvalue weighted by Gasteiger charge is 2.15. The Kier molecular flexibility index (Phi) is 3.67. The number of aromatic amines is 2. The zero-order valence-corrected chi connectivity index (χ0v) is 15.9. The molecule has 30 heavy (non-hydrogen) atoms. The summed E-state index contributed by atoms with van der Waals surface area (Å²) < 4.78 is 0. The minimum atomic E-state index is 0.847. The van der Waals surface area contributed by atoms with Crippen molar-refractivity contribution in [3.63, 3.8) is 0 Å². The zero-order chi connectivity index (χ0) is 19.9. The van der Waals surface area contributed by atoms with Gasteiger partial charge in [-0.25, -0.2) is 0 Å². The Morgan fingerprint density at radius 1 is 0.667 bits per heavy atom. The van der Waals surface area contributed by atoms with Crippen molar-refractivity contribution in [3.05, 3.63) is 85.5 Å². The molecule has 0 saturated carbocycles. The summed E-state index contributed by atoms with van der Waals surface area (Å²) in [5, 5.41) is 9.80. The third-order valence-corrected chi connectivity index (χ3v) is 5.27. The molecule has 0 amide bonds. The highest BCUT2D eigenvalue weighted by molar-refractivity contribution is 6.00. The average molecular weight is 388 g/mol. The van der Waals surface area contributed by atoms with Crippen molar-refractivity contribution in [2.45, 2.75) is 0 Å². The first-order chi connectivity index (χ1) is 14.9. The van der Waals surface area contributed by atoms with Crippen LogP contribution in [0.25, 0.3) is 55.7 Å². The number of benzene rings is 1. The lowest BCUT2D eigenvalue weighted by Crippen LogP contribution is -1.86. The molecule has 142 valence electrons. The summed E-state index contributed by atoms with van der Waals surface area (Å²) in [5.74, 6) is 0. The van der Waals surface area contributed by atoms with Gasteiger partial charge in [-0.3, -0.25) is 20.1 Å². The second kappa shape index (κ2) is 6.63. The van der Waals surface area contributed by atoms with Gasteiger partial charge in [-0.05, 0) is 48.0 Å². The van der Waals surface area contributed by atoms with Crippen LogP contribution in [-0.2, 0) is 0 Å². The first kappa shape index (κ1) is 16.6. The van der Waals surface area contributed by atoms with Crippen LogP contribution in [-0.4, -0.2) is 30.1 Å². The fraction of sp³-hybridized carbons (Fsp3) is 0.